The largest absolute Gasteiger partial charge is 0.467 e. The number of aliphatic hydroxyl groups is 1. The molecule has 1 aromatic rings. The van der Waals surface area contributed by atoms with Crippen molar-refractivity contribution in [3.8, 4) is 0 Å². The van der Waals surface area contributed by atoms with Gasteiger partial charge in [-0.15, -0.1) is 0 Å². The Balaban J connectivity index is 3.42. The van der Waals surface area contributed by atoms with Gasteiger partial charge < -0.3 is 14.6 Å². The quantitative estimate of drug-likeness (QED) is 0.845. The van der Waals surface area contributed by atoms with Crippen LogP contribution in [0.4, 0.5) is 0 Å². The normalized spacial score (nSPS) is 11.9. The predicted octanol–water partition coefficient (Wildman–Crippen LogP) is 1.34. The second-order valence-corrected chi connectivity index (χ2v) is 4.19. The Morgan fingerprint density at radius 3 is 2.32 bits per heavy atom. The second-order valence-electron chi connectivity index (χ2n) is 3.82. The number of carbonyl (C=O) groups excluding carboxylic acids is 2. The molecule has 7 heteroatoms. The van der Waals surface area contributed by atoms with Gasteiger partial charge in [0.25, 0.3) is 0 Å². The van der Waals surface area contributed by atoms with Crippen molar-refractivity contribution in [3.63, 3.8) is 0 Å². The van der Waals surface area contributed by atoms with E-state index >= 15 is 0 Å². The number of hydrogen-bond donors (Lipinski definition) is 1. The van der Waals surface area contributed by atoms with Crippen LogP contribution in [0.2, 0.25) is 5.02 Å². The molecule has 1 rings (SSSR count). The Kier molecular flexibility index (Phi) is 4.85. The van der Waals surface area contributed by atoms with Gasteiger partial charge in [-0.3, -0.25) is 0 Å². The fraction of sp³-hybridized carbons (Fsp3) is 0.417. The molecule has 0 fully saturated rings. The minimum absolute atomic E-state index is 0.0471. The summed E-state index contributed by atoms with van der Waals surface area (Å²) < 4.78 is 9.03. The lowest BCUT2D eigenvalue weighted by molar-refractivity contribution is -0.150. The Bertz CT molecular complexity index is 529. The summed E-state index contributed by atoms with van der Waals surface area (Å²) in [4.78, 5) is 26.9. The molecule has 19 heavy (non-hydrogen) atoms. The van der Waals surface area contributed by atoms with Crippen LogP contribution in [0.15, 0.2) is 0 Å². The molecule has 0 aliphatic heterocycles. The third-order valence-corrected chi connectivity index (χ3v) is 3.15. The standard InChI is InChI=1S/C12H14ClNO5/c1-5-8(13)7(10(15)12(17)19-4)6(2)14-9(5)11(16)18-3/h10,15H,1-4H3. The molecule has 0 bridgehead atoms. The average molecular weight is 288 g/mol. The van der Waals surface area contributed by atoms with Crippen LogP contribution in [0.25, 0.3) is 0 Å². The summed E-state index contributed by atoms with van der Waals surface area (Å²) >= 11 is 6.09. The van der Waals surface area contributed by atoms with E-state index in [0.717, 1.165) is 7.11 Å². The molecule has 1 atom stereocenters. The van der Waals surface area contributed by atoms with Gasteiger partial charge in [0.1, 0.15) is 0 Å². The van der Waals surface area contributed by atoms with Crippen molar-refractivity contribution in [1.82, 2.24) is 4.98 Å². The zero-order valence-corrected chi connectivity index (χ0v) is 11.7. The van der Waals surface area contributed by atoms with Gasteiger partial charge in [-0.25, -0.2) is 14.6 Å². The van der Waals surface area contributed by atoms with Crippen LogP contribution in [0.5, 0.6) is 0 Å². The van der Waals surface area contributed by atoms with Crippen LogP contribution in [0.3, 0.4) is 0 Å². The van der Waals surface area contributed by atoms with Crippen LogP contribution in [0, 0.1) is 13.8 Å². The summed E-state index contributed by atoms with van der Waals surface area (Å²) in [7, 11) is 2.38. The van der Waals surface area contributed by atoms with Crippen molar-refractivity contribution in [2.24, 2.45) is 0 Å². The third-order valence-electron chi connectivity index (χ3n) is 2.67. The van der Waals surface area contributed by atoms with E-state index in [1.165, 1.54) is 14.0 Å². The van der Waals surface area contributed by atoms with Crippen LogP contribution in [-0.4, -0.2) is 36.2 Å². The molecule has 0 spiro atoms. The summed E-state index contributed by atoms with van der Waals surface area (Å²) in [6.45, 7) is 3.08. The molecule has 0 saturated heterocycles. The SMILES string of the molecule is COC(=O)c1nc(C)c(C(O)C(=O)OC)c(Cl)c1C. The molecule has 1 heterocycles. The number of aromatic nitrogens is 1. The molecule has 6 nitrogen and oxygen atoms in total. The molecule has 0 aliphatic rings. The van der Waals surface area contributed by atoms with Gasteiger partial charge >= 0.3 is 11.9 Å². The maximum absolute atomic E-state index is 11.5. The number of aliphatic hydroxyl groups excluding tert-OH is 1. The van der Waals surface area contributed by atoms with E-state index in [1.807, 2.05) is 0 Å². The third kappa shape index (κ3) is 2.85. The maximum Gasteiger partial charge on any atom is 0.356 e. The first kappa shape index (κ1) is 15.4. The highest BCUT2D eigenvalue weighted by Crippen LogP contribution is 2.31. The molecular weight excluding hydrogens is 274 g/mol. The number of ether oxygens (including phenoxy) is 2. The number of aryl methyl sites for hydroxylation is 1. The van der Waals surface area contributed by atoms with Crippen LogP contribution in [0.1, 0.15) is 33.4 Å². The summed E-state index contributed by atoms with van der Waals surface area (Å²) in [6, 6.07) is 0. The van der Waals surface area contributed by atoms with E-state index in [-0.39, 0.29) is 22.0 Å². The number of pyridine rings is 1. The number of nitrogens with zero attached hydrogens (tertiary/aromatic N) is 1. The monoisotopic (exact) mass is 287 g/mol. The van der Waals surface area contributed by atoms with Gasteiger partial charge in [-0.2, -0.15) is 0 Å². The van der Waals surface area contributed by atoms with Crippen molar-refractivity contribution < 1.29 is 24.2 Å². The predicted molar refractivity (Wildman–Crippen MR) is 67.0 cm³/mol. The van der Waals surface area contributed by atoms with E-state index in [2.05, 4.69) is 14.5 Å². The van der Waals surface area contributed by atoms with Crippen LogP contribution in [-0.2, 0) is 14.3 Å². The first-order valence-corrected chi connectivity index (χ1v) is 5.73. The zero-order valence-electron chi connectivity index (χ0n) is 11.0. The Labute approximate surface area is 115 Å². The summed E-state index contributed by atoms with van der Waals surface area (Å²) in [5, 5.41) is 9.94. The van der Waals surface area contributed by atoms with Gasteiger partial charge in [0.15, 0.2) is 11.8 Å². The molecule has 0 aliphatic carbocycles. The Morgan fingerprint density at radius 1 is 1.26 bits per heavy atom. The van der Waals surface area contributed by atoms with Gasteiger partial charge in [0, 0.05) is 16.8 Å². The molecule has 0 saturated carbocycles. The van der Waals surface area contributed by atoms with Crippen molar-refractivity contribution in [2.45, 2.75) is 20.0 Å². The molecule has 1 unspecified atom stereocenters. The van der Waals surface area contributed by atoms with Crippen molar-refractivity contribution in [2.75, 3.05) is 14.2 Å². The molecule has 1 N–H and O–H groups in total. The summed E-state index contributed by atoms with van der Waals surface area (Å²) in [5.74, 6) is -1.49. The van der Waals surface area contributed by atoms with E-state index in [0.29, 0.717) is 5.56 Å². The molecule has 0 amide bonds. The van der Waals surface area contributed by atoms with E-state index < -0.39 is 18.0 Å². The average Bonchev–Trinajstić information content (AvgIpc) is 2.40. The van der Waals surface area contributed by atoms with Crippen molar-refractivity contribution in [3.05, 3.63) is 27.5 Å². The second kappa shape index (κ2) is 5.99. The maximum atomic E-state index is 11.5. The molecule has 0 radical (unpaired) electrons. The molecule has 1 aromatic heterocycles. The van der Waals surface area contributed by atoms with Crippen LogP contribution < -0.4 is 0 Å². The minimum Gasteiger partial charge on any atom is -0.467 e. The minimum atomic E-state index is -1.55. The topological polar surface area (TPSA) is 85.7 Å². The van der Waals surface area contributed by atoms with E-state index in [9.17, 15) is 14.7 Å². The molecule has 0 aromatic carbocycles. The Hall–Kier alpha value is -1.66. The zero-order chi connectivity index (χ0) is 14.7. The van der Waals surface area contributed by atoms with Gasteiger partial charge in [0.05, 0.1) is 19.2 Å². The lowest BCUT2D eigenvalue weighted by atomic mass is 10.0. The smallest absolute Gasteiger partial charge is 0.356 e. The fourth-order valence-electron chi connectivity index (χ4n) is 1.62. The molecular formula is C12H14ClNO5. The number of esters is 2. The molecule has 104 valence electrons. The van der Waals surface area contributed by atoms with E-state index in [1.54, 1.807) is 6.92 Å². The lowest BCUT2D eigenvalue weighted by Crippen LogP contribution is -2.18. The number of carbonyl (C=O) groups is 2. The highest BCUT2D eigenvalue weighted by Gasteiger charge is 2.27. The first-order valence-electron chi connectivity index (χ1n) is 5.35. The van der Waals surface area contributed by atoms with E-state index in [4.69, 9.17) is 11.6 Å². The number of rotatable bonds is 3. The van der Waals surface area contributed by atoms with Crippen LogP contribution >= 0.6 is 11.6 Å². The number of hydrogen-bond acceptors (Lipinski definition) is 6. The first-order chi connectivity index (χ1) is 8.84. The summed E-state index contributed by atoms with van der Waals surface area (Å²) in [5.41, 5.74) is 0.760. The fourth-order valence-corrected chi connectivity index (χ4v) is 1.95. The van der Waals surface area contributed by atoms with Gasteiger partial charge in [0.2, 0.25) is 0 Å². The van der Waals surface area contributed by atoms with Gasteiger partial charge in [-0.1, -0.05) is 11.6 Å². The highest BCUT2D eigenvalue weighted by atomic mass is 35.5. The lowest BCUT2D eigenvalue weighted by Gasteiger charge is -2.16. The highest BCUT2D eigenvalue weighted by molar-refractivity contribution is 6.32. The van der Waals surface area contributed by atoms with Crippen molar-refractivity contribution >= 4 is 23.5 Å². The summed E-state index contributed by atoms with van der Waals surface area (Å²) in [6.07, 6.45) is -1.55. The van der Waals surface area contributed by atoms with Crippen molar-refractivity contribution in [1.29, 1.82) is 0 Å². The van der Waals surface area contributed by atoms with Gasteiger partial charge in [-0.05, 0) is 13.8 Å². The Morgan fingerprint density at radius 2 is 1.84 bits per heavy atom. The number of methoxy groups -OCH3 is 2. The number of halogens is 1.